The molecule has 0 saturated carbocycles. The molecule has 0 aliphatic rings. The zero-order chi connectivity index (χ0) is 14.4. The van der Waals surface area contributed by atoms with Gasteiger partial charge in [0.1, 0.15) is 5.69 Å². The van der Waals surface area contributed by atoms with Crippen LogP contribution in [-0.2, 0) is 6.54 Å². The molecule has 2 aromatic rings. The number of amides is 1. The standard InChI is InChI=1S/C13H19N5OS/c1-3-17(4-2)5-6-18-8-11(7-15-18)16-13(19)12-9-20-10-14-12/h7-10H,3-6H2,1-2H3,(H,16,19). The van der Waals surface area contributed by atoms with E-state index in [2.05, 4.69) is 34.1 Å². The molecule has 1 amide bonds. The van der Waals surface area contributed by atoms with Crippen LogP contribution in [0.4, 0.5) is 5.69 Å². The summed E-state index contributed by atoms with van der Waals surface area (Å²) in [7, 11) is 0. The third-order valence-electron chi connectivity index (χ3n) is 3.10. The fourth-order valence-electron chi connectivity index (χ4n) is 1.85. The number of likely N-dealkylation sites (N-methyl/N-ethyl adjacent to an activating group) is 1. The lowest BCUT2D eigenvalue weighted by Gasteiger charge is -2.17. The summed E-state index contributed by atoms with van der Waals surface area (Å²) in [5, 5.41) is 8.76. The zero-order valence-corrected chi connectivity index (χ0v) is 12.6. The van der Waals surface area contributed by atoms with E-state index >= 15 is 0 Å². The average molecular weight is 293 g/mol. The third kappa shape index (κ3) is 3.88. The van der Waals surface area contributed by atoms with Crippen LogP contribution in [0.2, 0.25) is 0 Å². The summed E-state index contributed by atoms with van der Waals surface area (Å²) >= 11 is 1.40. The normalized spacial score (nSPS) is 10.9. The Hall–Kier alpha value is -1.73. The Labute approximate surface area is 122 Å². The number of hydrogen-bond acceptors (Lipinski definition) is 5. The maximum Gasteiger partial charge on any atom is 0.275 e. The lowest BCUT2D eigenvalue weighted by atomic mass is 10.4. The van der Waals surface area contributed by atoms with E-state index in [1.54, 1.807) is 17.1 Å². The van der Waals surface area contributed by atoms with Gasteiger partial charge in [0.25, 0.3) is 5.91 Å². The fourth-order valence-corrected chi connectivity index (χ4v) is 2.39. The van der Waals surface area contributed by atoms with Crippen molar-refractivity contribution in [3.05, 3.63) is 29.0 Å². The molecule has 7 heteroatoms. The van der Waals surface area contributed by atoms with Crippen LogP contribution in [0, 0.1) is 0 Å². The van der Waals surface area contributed by atoms with E-state index in [1.165, 1.54) is 11.3 Å². The first-order chi connectivity index (χ1) is 9.72. The van der Waals surface area contributed by atoms with Gasteiger partial charge in [0, 0.05) is 18.1 Å². The van der Waals surface area contributed by atoms with Gasteiger partial charge in [-0.2, -0.15) is 5.10 Å². The van der Waals surface area contributed by atoms with Gasteiger partial charge >= 0.3 is 0 Å². The van der Waals surface area contributed by atoms with E-state index in [-0.39, 0.29) is 5.91 Å². The summed E-state index contributed by atoms with van der Waals surface area (Å²) < 4.78 is 1.84. The van der Waals surface area contributed by atoms with Gasteiger partial charge in [-0.25, -0.2) is 4.98 Å². The molecule has 0 aromatic carbocycles. The van der Waals surface area contributed by atoms with Crippen LogP contribution in [0.5, 0.6) is 0 Å². The highest BCUT2D eigenvalue weighted by Gasteiger charge is 2.09. The first-order valence-electron chi connectivity index (χ1n) is 6.67. The number of thiazole rings is 1. The molecular formula is C13H19N5OS. The predicted molar refractivity (Wildman–Crippen MR) is 80.1 cm³/mol. The first kappa shape index (κ1) is 14.7. The van der Waals surface area contributed by atoms with Gasteiger partial charge in [-0.1, -0.05) is 13.8 Å². The summed E-state index contributed by atoms with van der Waals surface area (Å²) in [6, 6.07) is 0. The SMILES string of the molecule is CCN(CC)CCn1cc(NC(=O)c2cscn2)cn1. The van der Waals surface area contributed by atoms with Crippen LogP contribution in [0.3, 0.4) is 0 Å². The van der Waals surface area contributed by atoms with Crippen molar-refractivity contribution in [1.82, 2.24) is 19.7 Å². The van der Waals surface area contributed by atoms with Crippen LogP contribution in [0.15, 0.2) is 23.3 Å². The maximum absolute atomic E-state index is 11.8. The molecule has 0 spiro atoms. The van der Waals surface area contributed by atoms with Crippen molar-refractivity contribution in [2.75, 3.05) is 25.0 Å². The highest BCUT2D eigenvalue weighted by atomic mass is 32.1. The van der Waals surface area contributed by atoms with E-state index in [1.807, 2.05) is 10.9 Å². The van der Waals surface area contributed by atoms with Gasteiger partial charge in [0.2, 0.25) is 0 Å². The molecule has 0 fully saturated rings. The lowest BCUT2D eigenvalue weighted by molar-refractivity contribution is 0.102. The number of aromatic nitrogens is 3. The van der Waals surface area contributed by atoms with Crippen molar-refractivity contribution < 1.29 is 4.79 Å². The minimum absolute atomic E-state index is 0.199. The van der Waals surface area contributed by atoms with Crippen molar-refractivity contribution in [3.63, 3.8) is 0 Å². The number of anilines is 1. The van der Waals surface area contributed by atoms with Gasteiger partial charge in [0.05, 0.1) is 23.9 Å². The van der Waals surface area contributed by atoms with Crippen molar-refractivity contribution in [1.29, 1.82) is 0 Å². The van der Waals surface area contributed by atoms with Gasteiger partial charge in [0.15, 0.2) is 0 Å². The van der Waals surface area contributed by atoms with Crippen LogP contribution >= 0.6 is 11.3 Å². The third-order valence-corrected chi connectivity index (χ3v) is 3.68. The highest BCUT2D eigenvalue weighted by Crippen LogP contribution is 2.08. The average Bonchev–Trinajstić information content (AvgIpc) is 3.11. The van der Waals surface area contributed by atoms with E-state index in [9.17, 15) is 4.79 Å². The molecule has 2 rings (SSSR count). The summed E-state index contributed by atoms with van der Waals surface area (Å²) in [4.78, 5) is 18.1. The Kier molecular flexibility index (Phi) is 5.25. The quantitative estimate of drug-likeness (QED) is 0.847. The molecular weight excluding hydrogens is 274 g/mol. The number of nitrogens with one attached hydrogen (secondary N) is 1. The maximum atomic E-state index is 11.8. The van der Waals surface area contributed by atoms with Gasteiger partial charge < -0.3 is 10.2 Å². The second-order valence-corrected chi connectivity index (χ2v) is 5.07. The lowest BCUT2D eigenvalue weighted by Crippen LogP contribution is -2.27. The molecule has 1 N–H and O–H groups in total. The number of carbonyl (C=O) groups excluding carboxylic acids is 1. The summed E-state index contributed by atoms with van der Waals surface area (Å²) in [5.74, 6) is -0.199. The summed E-state index contributed by atoms with van der Waals surface area (Å²) in [6.45, 7) is 8.12. The van der Waals surface area contributed by atoms with Gasteiger partial charge in [-0.15, -0.1) is 11.3 Å². The fraction of sp³-hybridized carbons (Fsp3) is 0.462. The molecule has 0 unspecified atom stereocenters. The van der Waals surface area contributed by atoms with E-state index in [0.29, 0.717) is 11.4 Å². The monoisotopic (exact) mass is 293 g/mol. The summed E-state index contributed by atoms with van der Waals surface area (Å²) in [6.07, 6.45) is 3.50. The molecule has 0 aliphatic carbocycles. The first-order valence-corrected chi connectivity index (χ1v) is 7.61. The largest absolute Gasteiger partial charge is 0.318 e. The Morgan fingerprint density at radius 1 is 1.45 bits per heavy atom. The van der Waals surface area contributed by atoms with E-state index < -0.39 is 0 Å². The van der Waals surface area contributed by atoms with Crippen LogP contribution in [0.25, 0.3) is 0 Å². The predicted octanol–water partition coefficient (Wildman–Crippen LogP) is 1.93. The minimum atomic E-state index is -0.199. The van der Waals surface area contributed by atoms with Crippen molar-refractivity contribution >= 4 is 22.9 Å². The molecule has 0 bridgehead atoms. The molecule has 2 aromatic heterocycles. The molecule has 6 nitrogen and oxygen atoms in total. The Bertz CT molecular complexity index is 533. The minimum Gasteiger partial charge on any atom is -0.318 e. The molecule has 0 atom stereocenters. The Morgan fingerprint density at radius 3 is 2.90 bits per heavy atom. The van der Waals surface area contributed by atoms with Crippen LogP contribution < -0.4 is 5.32 Å². The zero-order valence-electron chi connectivity index (χ0n) is 11.7. The summed E-state index contributed by atoms with van der Waals surface area (Å²) in [5.41, 5.74) is 2.77. The molecule has 0 radical (unpaired) electrons. The van der Waals surface area contributed by atoms with Gasteiger partial charge in [-0.3, -0.25) is 9.48 Å². The molecule has 108 valence electrons. The molecule has 2 heterocycles. The topological polar surface area (TPSA) is 63.0 Å². The highest BCUT2D eigenvalue weighted by molar-refractivity contribution is 7.07. The van der Waals surface area contributed by atoms with Crippen molar-refractivity contribution in [2.45, 2.75) is 20.4 Å². The second kappa shape index (κ2) is 7.16. The van der Waals surface area contributed by atoms with E-state index in [4.69, 9.17) is 0 Å². The van der Waals surface area contributed by atoms with Crippen molar-refractivity contribution in [2.24, 2.45) is 0 Å². The molecule has 20 heavy (non-hydrogen) atoms. The Balaban J connectivity index is 1.87. The van der Waals surface area contributed by atoms with Gasteiger partial charge in [-0.05, 0) is 13.1 Å². The van der Waals surface area contributed by atoms with Crippen LogP contribution in [0.1, 0.15) is 24.3 Å². The molecule has 0 saturated heterocycles. The number of carbonyl (C=O) groups is 1. The second-order valence-electron chi connectivity index (χ2n) is 4.35. The Morgan fingerprint density at radius 2 is 2.25 bits per heavy atom. The van der Waals surface area contributed by atoms with Crippen LogP contribution in [-0.4, -0.2) is 45.2 Å². The number of nitrogens with zero attached hydrogens (tertiary/aromatic N) is 4. The number of rotatable bonds is 7. The van der Waals surface area contributed by atoms with E-state index in [0.717, 1.165) is 26.2 Å². The number of hydrogen-bond donors (Lipinski definition) is 1. The molecule has 0 aliphatic heterocycles. The smallest absolute Gasteiger partial charge is 0.275 e. The van der Waals surface area contributed by atoms with Crippen molar-refractivity contribution in [3.8, 4) is 0 Å².